The molecule has 2 rings (SSSR count). The second kappa shape index (κ2) is 3.85. The van der Waals surface area contributed by atoms with Crippen LogP contribution in [0.3, 0.4) is 0 Å². The number of carbonyl (C=O) groups is 1. The van der Waals surface area contributed by atoms with Gasteiger partial charge in [0.2, 0.25) is 0 Å². The summed E-state index contributed by atoms with van der Waals surface area (Å²) in [7, 11) is 0. The van der Waals surface area contributed by atoms with Gasteiger partial charge in [-0.25, -0.2) is 0 Å². The molecule has 2 nitrogen and oxygen atoms in total. The van der Waals surface area contributed by atoms with Gasteiger partial charge in [-0.1, -0.05) is 6.08 Å². The molecule has 1 N–H and O–H groups in total. The summed E-state index contributed by atoms with van der Waals surface area (Å²) in [4.78, 5) is 11.7. The Balaban J connectivity index is 2.20. The van der Waals surface area contributed by atoms with Crippen LogP contribution in [0.5, 0.6) is 0 Å². The van der Waals surface area contributed by atoms with Crippen molar-refractivity contribution in [1.29, 1.82) is 0 Å². The van der Waals surface area contributed by atoms with Crippen molar-refractivity contribution in [2.24, 2.45) is 0 Å². The van der Waals surface area contributed by atoms with Gasteiger partial charge in [-0.2, -0.15) is 0 Å². The van der Waals surface area contributed by atoms with E-state index in [4.69, 9.17) is 0 Å². The van der Waals surface area contributed by atoms with Crippen molar-refractivity contribution in [2.45, 2.75) is 57.0 Å². The minimum atomic E-state index is -1.07. The van der Waals surface area contributed by atoms with Crippen molar-refractivity contribution in [3.05, 3.63) is 11.6 Å². The number of allylic oxidation sites excluding steroid dienone is 1. The Kier molecular flexibility index (Phi) is 2.73. The Hall–Kier alpha value is -0.630. The van der Waals surface area contributed by atoms with Crippen molar-refractivity contribution in [3.63, 3.8) is 0 Å². The van der Waals surface area contributed by atoms with Crippen LogP contribution in [0.25, 0.3) is 0 Å². The number of hydrogen-bond donors (Lipinski definition) is 1. The maximum atomic E-state index is 11.7. The average molecular weight is 194 g/mol. The summed E-state index contributed by atoms with van der Waals surface area (Å²) >= 11 is 0. The summed E-state index contributed by atoms with van der Waals surface area (Å²) in [6.07, 6.45) is 9.52. The predicted octanol–water partition coefficient (Wildman–Crippen LogP) is 2.36. The number of Topliss-reactive ketones (excluding diaryl/α,β-unsaturated/α-hetero) is 1. The van der Waals surface area contributed by atoms with E-state index in [2.05, 4.69) is 6.08 Å². The third kappa shape index (κ3) is 1.63. The van der Waals surface area contributed by atoms with Crippen LogP contribution in [0.15, 0.2) is 11.6 Å². The summed E-state index contributed by atoms with van der Waals surface area (Å²) in [5.41, 5.74) is -0.0629. The molecule has 1 unspecified atom stereocenters. The molecule has 0 aromatic heterocycles. The maximum Gasteiger partial charge on any atom is 0.168 e. The van der Waals surface area contributed by atoms with Gasteiger partial charge in [0.05, 0.1) is 0 Å². The topological polar surface area (TPSA) is 37.3 Å². The Morgan fingerprint density at radius 3 is 2.57 bits per heavy atom. The highest BCUT2D eigenvalue weighted by molar-refractivity contribution is 5.91. The van der Waals surface area contributed by atoms with Crippen LogP contribution in [0.2, 0.25) is 0 Å². The molecule has 0 bridgehead atoms. The van der Waals surface area contributed by atoms with Gasteiger partial charge in [-0.05, 0) is 50.5 Å². The maximum absolute atomic E-state index is 11.7. The highest BCUT2D eigenvalue weighted by atomic mass is 16.3. The van der Waals surface area contributed by atoms with Crippen LogP contribution in [0, 0.1) is 0 Å². The molecule has 2 heteroatoms. The Bertz CT molecular complexity index is 267. The quantitative estimate of drug-likeness (QED) is 0.651. The van der Waals surface area contributed by atoms with E-state index in [1.807, 2.05) is 0 Å². The summed E-state index contributed by atoms with van der Waals surface area (Å²) in [6.45, 7) is 0. The first-order valence-corrected chi connectivity index (χ1v) is 5.69. The van der Waals surface area contributed by atoms with Crippen LogP contribution in [0.4, 0.5) is 0 Å². The molecule has 0 amide bonds. The van der Waals surface area contributed by atoms with Crippen LogP contribution in [-0.2, 0) is 4.79 Å². The second-order valence-corrected chi connectivity index (χ2v) is 4.47. The van der Waals surface area contributed by atoms with Gasteiger partial charge in [0.1, 0.15) is 5.60 Å². The lowest BCUT2D eigenvalue weighted by molar-refractivity contribution is -0.137. The Morgan fingerprint density at radius 1 is 1.14 bits per heavy atom. The summed E-state index contributed by atoms with van der Waals surface area (Å²) in [5.74, 6) is 0.0527. The first-order valence-electron chi connectivity index (χ1n) is 5.69. The number of rotatable bonds is 1. The standard InChI is InChI=1S/C12H18O2/c13-11-8-4-5-9-12(11,14)10-6-2-1-3-7-10/h6,14H,1-5,7-9H2. The van der Waals surface area contributed by atoms with Gasteiger partial charge in [0.25, 0.3) is 0 Å². The zero-order chi connectivity index (χ0) is 10.0. The molecule has 1 atom stereocenters. The number of hydrogen-bond acceptors (Lipinski definition) is 2. The van der Waals surface area contributed by atoms with Crippen LogP contribution in [0.1, 0.15) is 51.4 Å². The van der Waals surface area contributed by atoms with E-state index >= 15 is 0 Å². The lowest BCUT2D eigenvalue weighted by atomic mass is 9.75. The van der Waals surface area contributed by atoms with Gasteiger partial charge >= 0.3 is 0 Å². The summed E-state index contributed by atoms with van der Waals surface area (Å²) < 4.78 is 0. The van der Waals surface area contributed by atoms with Crippen LogP contribution >= 0.6 is 0 Å². The molecular formula is C12H18O2. The molecule has 0 heterocycles. The SMILES string of the molecule is O=C1CCCCC1(O)C1=CCCCC1. The first kappa shape index (κ1) is 9.91. The molecule has 0 aromatic rings. The van der Waals surface area contributed by atoms with Crippen molar-refractivity contribution in [2.75, 3.05) is 0 Å². The highest BCUT2D eigenvalue weighted by Crippen LogP contribution is 2.36. The monoisotopic (exact) mass is 194 g/mol. The fraction of sp³-hybridized carbons (Fsp3) is 0.750. The Labute approximate surface area is 85.0 Å². The molecule has 0 spiro atoms. The zero-order valence-corrected chi connectivity index (χ0v) is 8.59. The highest BCUT2D eigenvalue weighted by Gasteiger charge is 2.40. The molecule has 2 aliphatic rings. The first-order chi connectivity index (χ1) is 6.73. The third-order valence-corrected chi connectivity index (χ3v) is 3.48. The molecule has 1 saturated carbocycles. The fourth-order valence-corrected chi connectivity index (χ4v) is 2.57. The van der Waals surface area contributed by atoms with Gasteiger partial charge in [-0.3, -0.25) is 4.79 Å². The second-order valence-electron chi connectivity index (χ2n) is 4.47. The third-order valence-electron chi connectivity index (χ3n) is 3.48. The fourth-order valence-electron chi connectivity index (χ4n) is 2.57. The number of aliphatic hydroxyl groups is 1. The molecule has 1 fully saturated rings. The summed E-state index contributed by atoms with van der Waals surface area (Å²) in [6, 6.07) is 0. The molecule has 78 valence electrons. The van der Waals surface area contributed by atoms with Gasteiger partial charge in [-0.15, -0.1) is 0 Å². The molecule has 2 aliphatic carbocycles. The van der Waals surface area contributed by atoms with E-state index in [9.17, 15) is 9.90 Å². The lowest BCUT2D eigenvalue weighted by Gasteiger charge is -2.34. The number of carbonyl (C=O) groups excluding carboxylic acids is 1. The molecule has 0 aromatic carbocycles. The van der Waals surface area contributed by atoms with Crippen molar-refractivity contribution < 1.29 is 9.90 Å². The number of ketones is 1. The van der Waals surface area contributed by atoms with E-state index in [1.54, 1.807) is 0 Å². The largest absolute Gasteiger partial charge is 0.378 e. The van der Waals surface area contributed by atoms with Gasteiger partial charge in [0.15, 0.2) is 5.78 Å². The van der Waals surface area contributed by atoms with Gasteiger partial charge < -0.3 is 5.11 Å². The molecular weight excluding hydrogens is 176 g/mol. The van der Waals surface area contributed by atoms with E-state index < -0.39 is 5.60 Å². The van der Waals surface area contributed by atoms with Crippen molar-refractivity contribution in [3.8, 4) is 0 Å². The van der Waals surface area contributed by atoms with Crippen molar-refractivity contribution >= 4 is 5.78 Å². The van der Waals surface area contributed by atoms with Gasteiger partial charge in [0, 0.05) is 6.42 Å². The minimum absolute atomic E-state index is 0.0527. The normalized spacial score (nSPS) is 34.1. The minimum Gasteiger partial charge on any atom is -0.378 e. The lowest BCUT2D eigenvalue weighted by Crippen LogP contribution is -2.43. The smallest absolute Gasteiger partial charge is 0.168 e. The molecule has 0 saturated heterocycles. The van der Waals surface area contributed by atoms with E-state index in [0.717, 1.165) is 37.7 Å². The van der Waals surface area contributed by atoms with E-state index in [0.29, 0.717) is 12.8 Å². The molecule has 14 heavy (non-hydrogen) atoms. The van der Waals surface area contributed by atoms with Crippen LogP contribution < -0.4 is 0 Å². The zero-order valence-electron chi connectivity index (χ0n) is 8.59. The van der Waals surface area contributed by atoms with E-state index in [1.165, 1.54) is 6.42 Å². The van der Waals surface area contributed by atoms with Crippen LogP contribution in [-0.4, -0.2) is 16.5 Å². The summed E-state index contributed by atoms with van der Waals surface area (Å²) in [5, 5.41) is 10.3. The Morgan fingerprint density at radius 2 is 1.93 bits per heavy atom. The van der Waals surface area contributed by atoms with Crippen molar-refractivity contribution in [1.82, 2.24) is 0 Å². The average Bonchev–Trinajstić information content (AvgIpc) is 2.24. The molecule has 0 radical (unpaired) electrons. The van der Waals surface area contributed by atoms with E-state index in [-0.39, 0.29) is 5.78 Å². The molecule has 0 aliphatic heterocycles. The predicted molar refractivity (Wildman–Crippen MR) is 55.0 cm³/mol.